The third-order valence-electron chi connectivity index (χ3n) is 4.82. The number of benzene rings is 3. The maximum Gasteiger partial charge on any atom is 0.257 e. The van der Waals surface area contributed by atoms with Gasteiger partial charge in [-0.25, -0.2) is 8.78 Å². The van der Waals surface area contributed by atoms with Gasteiger partial charge in [0, 0.05) is 31.1 Å². The van der Waals surface area contributed by atoms with E-state index in [1.807, 2.05) is 30.3 Å². The third kappa shape index (κ3) is 5.45. The van der Waals surface area contributed by atoms with Gasteiger partial charge in [-0.2, -0.15) is 0 Å². The van der Waals surface area contributed by atoms with Crippen LogP contribution in [0.25, 0.3) is 11.1 Å². The van der Waals surface area contributed by atoms with Crippen molar-refractivity contribution in [3.05, 3.63) is 89.5 Å². The van der Waals surface area contributed by atoms with Crippen LogP contribution in [0, 0.1) is 11.6 Å². The minimum Gasteiger partial charge on any atom is -0.497 e. The van der Waals surface area contributed by atoms with Crippen LogP contribution in [-0.4, -0.2) is 30.4 Å². The first-order valence-electron chi connectivity index (χ1n) is 9.64. The summed E-state index contributed by atoms with van der Waals surface area (Å²) in [5, 5.41) is 0. The molecule has 0 aliphatic carbocycles. The molecule has 0 saturated heterocycles. The number of carbonyl (C=O) groups excluding carboxylic acids is 2. The van der Waals surface area contributed by atoms with Crippen molar-refractivity contribution in [2.75, 3.05) is 13.7 Å². The summed E-state index contributed by atoms with van der Waals surface area (Å²) in [5.74, 6) is -2.14. The average Bonchev–Trinajstić information content (AvgIpc) is 2.76. The summed E-state index contributed by atoms with van der Waals surface area (Å²) in [6, 6.07) is 17.3. The van der Waals surface area contributed by atoms with E-state index in [0.717, 1.165) is 11.6 Å². The monoisotopic (exact) mass is 424 g/mol. The van der Waals surface area contributed by atoms with E-state index in [1.54, 1.807) is 6.07 Å². The molecular weight excluding hydrogens is 402 g/mol. The Morgan fingerprint density at radius 3 is 2.32 bits per heavy atom. The van der Waals surface area contributed by atoms with Gasteiger partial charge in [0.05, 0.1) is 12.7 Å². The molecule has 2 amide bonds. The molecule has 0 spiro atoms. The van der Waals surface area contributed by atoms with Crippen molar-refractivity contribution in [2.24, 2.45) is 5.73 Å². The van der Waals surface area contributed by atoms with Crippen molar-refractivity contribution in [3.63, 3.8) is 0 Å². The molecule has 0 aliphatic rings. The lowest BCUT2D eigenvalue weighted by molar-refractivity contribution is -0.118. The lowest BCUT2D eigenvalue weighted by Crippen LogP contribution is -2.34. The highest BCUT2D eigenvalue weighted by Crippen LogP contribution is 2.28. The second-order valence-electron chi connectivity index (χ2n) is 6.97. The smallest absolute Gasteiger partial charge is 0.257 e. The van der Waals surface area contributed by atoms with Crippen molar-refractivity contribution in [2.45, 2.75) is 13.0 Å². The van der Waals surface area contributed by atoms with Gasteiger partial charge in [-0.15, -0.1) is 0 Å². The summed E-state index contributed by atoms with van der Waals surface area (Å²) in [4.78, 5) is 25.6. The van der Waals surface area contributed by atoms with Crippen molar-refractivity contribution >= 4 is 11.8 Å². The first-order valence-corrected chi connectivity index (χ1v) is 9.64. The fraction of sp³-hybridized carbons (Fsp3) is 0.167. The van der Waals surface area contributed by atoms with Crippen molar-refractivity contribution < 1.29 is 23.1 Å². The van der Waals surface area contributed by atoms with Gasteiger partial charge in [-0.05, 0) is 35.4 Å². The van der Waals surface area contributed by atoms with Gasteiger partial charge in [-0.3, -0.25) is 9.59 Å². The molecule has 7 heteroatoms. The van der Waals surface area contributed by atoms with Gasteiger partial charge in [-0.1, -0.05) is 36.4 Å². The Hall–Kier alpha value is -3.74. The van der Waals surface area contributed by atoms with Crippen LogP contribution in [0.15, 0.2) is 66.7 Å². The summed E-state index contributed by atoms with van der Waals surface area (Å²) in [7, 11) is 1.42. The highest BCUT2D eigenvalue weighted by atomic mass is 19.1. The zero-order valence-corrected chi connectivity index (χ0v) is 17.0. The minimum absolute atomic E-state index is 0.0463. The number of amides is 2. The summed E-state index contributed by atoms with van der Waals surface area (Å²) in [6.45, 7) is 0.249. The minimum atomic E-state index is -0.783. The Bertz CT molecular complexity index is 1090. The predicted molar refractivity (Wildman–Crippen MR) is 113 cm³/mol. The van der Waals surface area contributed by atoms with Crippen LogP contribution in [-0.2, 0) is 11.3 Å². The number of primary amides is 1. The zero-order valence-electron chi connectivity index (χ0n) is 17.0. The molecule has 3 rings (SSSR count). The van der Waals surface area contributed by atoms with E-state index in [0.29, 0.717) is 11.3 Å². The Morgan fingerprint density at radius 1 is 0.968 bits per heavy atom. The molecular formula is C24H22F2N2O3. The molecule has 0 aromatic heterocycles. The quantitative estimate of drug-likeness (QED) is 0.590. The van der Waals surface area contributed by atoms with Crippen LogP contribution >= 0.6 is 0 Å². The highest BCUT2D eigenvalue weighted by Gasteiger charge is 2.21. The number of nitrogens with two attached hydrogens (primary N) is 1. The molecule has 0 bridgehead atoms. The summed E-state index contributed by atoms with van der Waals surface area (Å²) in [5.41, 5.74) is 6.37. The Kier molecular flexibility index (Phi) is 6.97. The molecule has 0 atom stereocenters. The molecule has 3 aromatic carbocycles. The van der Waals surface area contributed by atoms with Crippen LogP contribution in [0.2, 0.25) is 0 Å². The molecule has 0 fully saturated rings. The zero-order chi connectivity index (χ0) is 22.4. The van der Waals surface area contributed by atoms with Gasteiger partial charge < -0.3 is 15.4 Å². The van der Waals surface area contributed by atoms with Gasteiger partial charge in [0.25, 0.3) is 5.91 Å². The maximum atomic E-state index is 14.9. The third-order valence-corrected chi connectivity index (χ3v) is 4.82. The summed E-state index contributed by atoms with van der Waals surface area (Å²) in [6.07, 6.45) is -0.0463. The number of hydrogen-bond donors (Lipinski definition) is 1. The van der Waals surface area contributed by atoms with Crippen LogP contribution in [0.3, 0.4) is 0 Å². The number of rotatable bonds is 8. The van der Waals surface area contributed by atoms with Crippen molar-refractivity contribution in [1.29, 1.82) is 0 Å². The molecule has 0 radical (unpaired) electrons. The molecule has 31 heavy (non-hydrogen) atoms. The fourth-order valence-electron chi connectivity index (χ4n) is 3.18. The van der Waals surface area contributed by atoms with Gasteiger partial charge >= 0.3 is 0 Å². The number of carbonyl (C=O) groups is 2. The van der Waals surface area contributed by atoms with Crippen molar-refractivity contribution in [1.82, 2.24) is 4.90 Å². The van der Waals surface area contributed by atoms with Crippen LogP contribution in [0.1, 0.15) is 22.3 Å². The molecule has 0 unspecified atom stereocenters. The topological polar surface area (TPSA) is 72.6 Å². The van der Waals surface area contributed by atoms with E-state index < -0.39 is 23.4 Å². The molecule has 0 saturated carbocycles. The number of halogens is 2. The largest absolute Gasteiger partial charge is 0.497 e. The van der Waals surface area contributed by atoms with Gasteiger partial charge in [0.15, 0.2) is 0 Å². The SMILES string of the molecule is COc1ccc(-c2ccc(C(=O)N(CCC(N)=O)Cc3ccccc3)c(F)c2)c(F)c1. The molecule has 2 N–H and O–H groups in total. The summed E-state index contributed by atoms with van der Waals surface area (Å²) >= 11 is 0. The van der Waals surface area contributed by atoms with Crippen LogP contribution < -0.4 is 10.5 Å². The molecule has 0 aliphatic heterocycles. The second-order valence-corrected chi connectivity index (χ2v) is 6.97. The van der Waals surface area contributed by atoms with E-state index >= 15 is 0 Å². The normalized spacial score (nSPS) is 10.5. The summed E-state index contributed by atoms with van der Waals surface area (Å²) < 4.78 is 34.2. The number of ether oxygens (including phenoxy) is 1. The Balaban J connectivity index is 1.88. The molecule has 5 nitrogen and oxygen atoms in total. The van der Waals surface area contributed by atoms with Crippen molar-refractivity contribution in [3.8, 4) is 16.9 Å². The standard InChI is InChI=1S/C24H22F2N2O3/c1-31-18-8-10-19(22(26)14-18)17-7-9-20(21(25)13-17)24(30)28(12-11-23(27)29)15-16-5-3-2-4-6-16/h2-10,13-14H,11-12,15H2,1H3,(H2,27,29). The van der Waals surface area contributed by atoms with E-state index in [1.165, 1.54) is 36.3 Å². The van der Waals surface area contributed by atoms with E-state index in [9.17, 15) is 18.4 Å². The van der Waals surface area contributed by atoms with Crippen LogP contribution in [0.5, 0.6) is 5.75 Å². The first-order chi connectivity index (χ1) is 14.9. The van der Waals surface area contributed by atoms with Gasteiger partial charge in [0.1, 0.15) is 17.4 Å². The van der Waals surface area contributed by atoms with Crippen LogP contribution in [0.4, 0.5) is 8.78 Å². The highest BCUT2D eigenvalue weighted by molar-refractivity contribution is 5.95. The molecule has 160 valence electrons. The molecule has 0 heterocycles. The lowest BCUT2D eigenvalue weighted by atomic mass is 10.0. The van der Waals surface area contributed by atoms with Gasteiger partial charge in [0.2, 0.25) is 5.91 Å². The Morgan fingerprint density at radius 2 is 1.71 bits per heavy atom. The predicted octanol–water partition coefficient (Wildman–Crippen LogP) is 4.16. The molecule has 3 aromatic rings. The maximum absolute atomic E-state index is 14.9. The Labute approximate surface area is 179 Å². The fourth-order valence-corrected chi connectivity index (χ4v) is 3.18. The second kappa shape index (κ2) is 9.84. The number of methoxy groups -OCH3 is 1. The van der Waals surface area contributed by atoms with E-state index in [-0.39, 0.29) is 30.6 Å². The number of hydrogen-bond acceptors (Lipinski definition) is 3. The van der Waals surface area contributed by atoms with E-state index in [4.69, 9.17) is 10.5 Å². The van der Waals surface area contributed by atoms with E-state index in [2.05, 4.69) is 0 Å². The average molecular weight is 424 g/mol. The first kappa shape index (κ1) is 22.0. The lowest BCUT2D eigenvalue weighted by Gasteiger charge is -2.23. The number of nitrogens with zero attached hydrogens (tertiary/aromatic N) is 1.